The molecule has 1 amide bonds. The maximum atomic E-state index is 11.4. The summed E-state index contributed by atoms with van der Waals surface area (Å²) in [4.78, 5) is 11.4. The van der Waals surface area contributed by atoms with Crippen molar-refractivity contribution in [2.45, 2.75) is 32.9 Å². The molecule has 1 unspecified atom stereocenters. The van der Waals surface area contributed by atoms with Crippen molar-refractivity contribution in [2.24, 2.45) is 12.8 Å². The molecule has 1 rings (SSSR count). The number of carbonyl (C=O) groups is 1. The van der Waals surface area contributed by atoms with Gasteiger partial charge in [0, 0.05) is 18.8 Å². The van der Waals surface area contributed by atoms with E-state index in [0.29, 0.717) is 0 Å². The summed E-state index contributed by atoms with van der Waals surface area (Å²) in [5, 5.41) is 7.05. The lowest BCUT2D eigenvalue weighted by Crippen LogP contribution is -2.39. The Morgan fingerprint density at radius 3 is 2.60 bits per heavy atom. The highest BCUT2D eigenvalue weighted by atomic mass is 16.2. The van der Waals surface area contributed by atoms with Crippen LogP contribution in [-0.2, 0) is 11.8 Å². The quantitative estimate of drug-likeness (QED) is 0.751. The first-order valence-corrected chi connectivity index (χ1v) is 4.98. The average Bonchev–Trinajstić information content (AvgIpc) is 2.44. The predicted molar refractivity (Wildman–Crippen MR) is 58.2 cm³/mol. The number of hydrogen-bond donors (Lipinski definition) is 2. The standard InChI is InChI=1S/C10H18N4O/c1-6(11)10(15)12-7(2)9-5-14(4)13-8(9)3/h5-7H,11H2,1-4H3,(H,12,15)/t6-,7?/m0/s1. The monoisotopic (exact) mass is 210 g/mol. The number of carbonyl (C=O) groups excluding carboxylic acids is 1. The molecule has 0 aliphatic heterocycles. The van der Waals surface area contributed by atoms with E-state index in [0.717, 1.165) is 11.3 Å². The number of hydrogen-bond acceptors (Lipinski definition) is 3. The van der Waals surface area contributed by atoms with Crippen molar-refractivity contribution in [1.82, 2.24) is 15.1 Å². The maximum Gasteiger partial charge on any atom is 0.237 e. The SMILES string of the molecule is Cc1nn(C)cc1C(C)NC(=O)[C@H](C)N. The second kappa shape index (κ2) is 4.44. The fourth-order valence-electron chi connectivity index (χ4n) is 1.47. The zero-order valence-corrected chi connectivity index (χ0v) is 9.61. The minimum Gasteiger partial charge on any atom is -0.348 e. The van der Waals surface area contributed by atoms with E-state index in [4.69, 9.17) is 5.73 Å². The number of rotatable bonds is 3. The van der Waals surface area contributed by atoms with Gasteiger partial charge in [0.15, 0.2) is 0 Å². The maximum absolute atomic E-state index is 11.4. The zero-order chi connectivity index (χ0) is 11.6. The average molecular weight is 210 g/mol. The number of aryl methyl sites for hydroxylation is 2. The molecule has 0 saturated heterocycles. The lowest BCUT2D eigenvalue weighted by molar-refractivity contribution is -0.122. The van der Waals surface area contributed by atoms with Crippen molar-refractivity contribution < 1.29 is 4.79 Å². The number of nitrogens with zero attached hydrogens (tertiary/aromatic N) is 2. The van der Waals surface area contributed by atoms with Crippen LogP contribution < -0.4 is 11.1 Å². The highest BCUT2D eigenvalue weighted by Gasteiger charge is 2.15. The highest BCUT2D eigenvalue weighted by molar-refractivity contribution is 5.81. The van der Waals surface area contributed by atoms with E-state index in [1.165, 1.54) is 0 Å². The Morgan fingerprint density at radius 2 is 2.20 bits per heavy atom. The molecule has 1 heterocycles. The van der Waals surface area contributed by atoms with Gasteiger partial charge in [-0.05, 0) is 20.8 Å². The molecular formula is C10H18N4O. The van der Waals surface area contributed by atoms with Gasteiger partial charge in [0.05, 0.1) is 17.8 Å². The third kappa shape index (κ3) is 2.79. The molecule has 84 valence electrons. The van der Waals surface area contributed by atoms with Crippen LogP contribution in [-0.4, -0.2) is 21.7 Å². The van der Waals surface area contributed by atoms with E-state index in [-0.39, 0.29) is 11.9 Å². The molecule has 0 bridgehead atoms. The van der Waals surface area contributed by atoms with Crippen LogP contribution in [0.25, 0.3) is 0 Å². The lowest BCUT2D eigenvalue weighted by atomic mass is 10.1. The molecule has 5 nitrogen and oxygen atoms in total. The molecule has 0 aromatic carbocycles. The summed E-state index contributed by atoms with van der Waals surface area (Å²) >= 11 is 0. The Morgan fingerprint density at radius 1 is 1.60 bits per heavy atom. The zero-order valence-electron chi connectivity index (χ0n) is 9.61. The van der Waals surface area contributed by atoms with Crippen LogP contribution in [0.15, 0.2) is 6.20 Å². The fourth-order valence-corrected chi connectivity index (χ4v) is 1.47. The van der Waals surface area contributed by atoms with Crippen molar-refractivity contribution in [2.75, 3.05) is 0 Å². The van der Waals surface area contributed by atoms with Crippen molar-refractivity contribution in [3.8, 4) is 0 Å². The third-order valence-corrected chi connectivity index (χ3v) is 2.29. The van der Waals surface area contributed by atoms with Crippen molar-refractivity contribution in [3.63, 3.8) is 0 Å². The largest absolute Gasteiger partial charge is 0.348 e. The molecule has 0 spiro atoms. The van der Waals surface area contributed by atoms with Crippen molar-refractivity contribution in [3.05, 3.63) is 17.5 Å². The topological polar surface area (TPSA) is 72.9 Å². The Hall–Kier alpha value is -1.36. The Balaban J connectivity index is 2.73. The van der Waals surface area contributed by atoms with Crippen LogP contribution in [0.1, 0.15) is 31.1 Å². The van der Waals surface area contributed by atoms with E-state index in [1.54, 1.807) is 11.6 Å². The third-order valence-electron chi connectivity index (χ3n) is 2.29. The van der Waals surface area contributed by atoms with Gasteiger partial charge in [-0.2, -0.15) is 5.10 Å². The van der Waals surface area contributed by atoms with Gasteiger partial charge in [0.25, 0.3) is 0 Å². The Labute approximate surface area is 89.6 Å². The molecule has 3 N–H and O–H groups in total. The van der Waals surface area contributed by atoms with Gasteiger partial charge in [-0.15, -0.1) is 0 Å². The van der Waals surface area contributed by atoms with Gasteiger partial charge in [0.2, 0.25) is 5.91 Å². The molecule has 1 aromatic heterocycles. The van der Waals surface area contributed by atoms with Gasteiger partial charge in [-0.25, -0.2) is 0 Å². The van der Waals surface area contributed by atoms with Crippen molar-refractivity contribution >= 4 is 5.91 Å². The van der Waals surface area contributed by atoms with Gasteiger partial charge >= 0.3 is 0 Å². The summed E-state index contributed by atoms with van der Waals surface area (Å²) in [5.41, 5.74) is 7.42. The summed E-state index contributed by atoms with van der Waals surface area (Å²) in [5.74, 6) is -0.147. The number of nitrogens with two attached hydrogens (primary N) is 1. The van der Waals surface area contributed by atoms with E-state index in [2.05, 4.69) is 10.4 Å². The normalized spacial score (nSPS) is 14.7. The molecule has 0 radical (unpaired) electrons. The van der Waals surface area contributed by atoms with Gasteiger partial charge in [-0.1, -0.05) is 0 Å². The fraction of sp³-hybridized carbons (Fsp3) is 0.600. The van der Waals surface area contributed by atoms with Gasteiger partial charge in [-0.3, -0.25) is 9.48 Å². The van der Waals surface area contributed by atoms with Crippen LogP contribution in [0.3, 0.4) is 0 Å². The molecule has 1 aromatic rings. The number of amides is 1. The lowest BCUT2D eigenvalue weighted by Gasteiger charge is -2.14. The minimum absolute atomic E-state index is 0.0581. The van der Waals surface area contributed by atoms with Gasteiger partial charge < -0.3 is 11.1 Å². The van der Waals surface area contributed by atoms with E-state index < -0.39 is 6.04 Å². The van der Waals surface area contributed by atoms with Crippen LogP contribution >= 0.6 is 0 Å². The first-order chi connectivity index (χ1) is 6.91. The number of nitrogens with one attached hydrogen (secondary N) is 1. The molecule has 0 aliphatic carbocycles. The summed E-state index contributed by atoms with van der Waals surface area (Å²) in [6.45, 7) is 5.51. The molecule has 0 aliphatic rings. The van der Waals surface area contributed by atoms with E-state index in [9.17, 15) is 4.79 Å². The van der Waals surface area contributed by atoms with E-state index >= 15 is 0 Å². The molecule has 5 heteroatoms. The Bertz CT molecular complexity index is 356. The molecule has 2 atom stereocenters. The number of aromatic nitrogens is 2. The molecule has 15 heavy (non-hydrogen) atoms. The second-order valence-electron chi connectivity index (χ2n) is 3.86. The summed E-state index contributed by atoms with van der Waals surface area (Å²) in [6, 6.07) is -0.540. The van der Waals surface area contributed by atoms with Crippen molar-refractivity contribution in [1.29, 1.82) is 0 Å². The molecular weight excluding hydrogens is 192 g/mol. The molecule has 0 saturated carbocycles. The van der Waals surface area contributed by atoms with E-state index in [1.807, 2.05) is 27.1 Å². The predicted octanol–water partition coefficient (Wildman–Crippen LogP) is 0.253. The smallest absolute Gasteiger partial charge is 0.237 e. The second-order valence-corrected chi connectivity index (χ2v) is 3.86. The summed E-state index contributed by atoms with van der Waals surface area (Å²) < 4.78 is 1.74. The molecule has 0 fully saturated rings. The summed E-state index contributed by atoms with van der Waals surface area (Å²) in [6.07, 6.45) is 1.90. The van der Waals surface area contributed by atoms with Crippen LogP contribution in [0.4, 0.5) is 0 Å². The first-order valence-electron chi connectivity index (χ1n) is 4.98. The highest BCUT2D eigenvalue weighted by Crippen LogP contribution is 2.15. The first kappa shape index (κ1) is 11.7. The Kier molecular flexibility index (Phi) is 3.47. The van der Waals surface area contributed by atoms with Crippen LogP contribution in [0.2, 0.25) is 0 Å². The minimum atomic E-state index is -0.482. The van der Waals surface area contributed by atoms with Crippen LogP contribution in [0.5, 0.6) is 0 Å². The van der Waals surface area contributed by atoms with Crippen LogP contribution in [0, 0.1) is 6.92 Å². The van der Waals surface area contributed by atoms with Gasteiger partial charge in [0.1, 0.15) is 0 Å². The summed E-state index contributed by atoms with van der Waals surface area (Å²) in [7, 11) is 1.86.